The summed E-state index contributed by atoms with van der Waals surface area (Å²) in [5.41, 5.74) is 4.14. The topological polar surface area (TPSA) is 70.5 Å². The summed E-state index contributed by atoms with van der Waals surface area (Å²) in [7, 11) is 0. The van der Waals surface area contributed by atoms with Gasteiger partial charge < -0.3 is 5.11 Å². The molecule has 0 radical (unpaired) electrons. The summed E-state index contributed by atoms with van der Waals surface area (Å²) in [6.07, 6.45) is 0.887. The first-order valence-electron chi connectivity index (χ1n) is 10.9. The van der Waals surface area contributed by atoms with Crippen molar-refractivity contribution >= 4 is 55.7 Å². The maximum Gasteiger partial charge on any atom is 0.301 e. The minimum Gasteiger partial charge on any atom is -0.507 e. The van der Waals surface area contributed by atoms with E-state index in [0.717, 1.165) is 22.2 Å². The van der Waals surface area contributed by atoms with Gasteiger partial charge in [-0.2, -0.15) is 0 Å². The number of benzene rings is 3. The average Bonchev–Trinajstić information content (AvgIpc) is 3.37. The number of aliphatic hydroxyl groups excluding tert-OH is 1. The van der Waals surface area contributed by atoms with Gasteiger partial charge in [0.05, 0.1) is 21.8 Å². The van der Waals surface area contributed by atoms with Crippen molar-refractivity contribution in [1.29, 1.82) is 0 Å². The third kappa shape index (κ3) is 3.79. The number of carbonyl (C=O) groups is 2. The number of nitrogens with zero attached hydrogens (tertiary/aromatic N) is 2. The number of hydrogen-bond acceptors (Lipinski definition) is 5. The number of hydrogen-bond donors (Lipinski definition) is 1. The summed E-state index contributed by atoms with van der Waals surface area (Å²) in [6, 6.07) is 19.3. The summed E-state index contributed by atoms with van der Waals surface area (Å²) in [6.45, 7) is 4.04. The standard InChI is InChI=1S/C27H21ClN2O3S/c1-3-16-6-13-20-21(14-16)34-27(29-20)30-23(17-7-4-15(2)5-8-17)22(25(32)26(30)33)24(31)18-9-11-19(28)12-10-18/h4-14,23,31H,3H2,1-2H3/b24-22+/t23-/m0/s1. The second-order valence-corrected chi connectivity index (χ2v) is 9.68. The molecular weight excluding hydrogens is 468 g/mol. The van der Waals surface area contributed by atoms with Crippen LogP contribution in [0.3, 0.4) is 0 Å². The number of ketones is 1. The van der Waals surface area contributed by atoms with Crippen molar-refractivity contribution < 1.29 is 14.7 Å². The molecule has 1 fully saturated rings. The summed E-state index contributed by atoms with van der Waals surface area (Å²) in [4.78, 5) is 32.7. The lowest BCUT2D eigenvalue weighted by Crippen LogP contribution is -2.29. The van der Waals surface area contributed by atoms with E-state index in [1.54, 1.807) is 24.3 Å². The van der Waals surface area contributed by atoms with E-state index in [9.17, 15) is 14.7 Å². The molecule has 170 valence electrons. The van der Waals surface area contributed by atoms with Gasteiger partial charge in [0.2, 0.25) is 0 Å². The van der Waals surface area contributed by atoms with Crippen molar-refractivity contribution in [2.45, 2.75) is 26.3 Å². The Balaban J connectivity index is 1.71. The number of carbonyl (C=O) groups excluding carboxylic acids is 2. The number of aromatic nitrogens is 1. The molecule has 5 rings (SSSR count). The summed E-state index contributed by atoms with van der Waals surface area (Å²) in [5.74, 6) is -1.69. The van der Waals surface area contributed by atoms with Gasteiger partial charge in [-0.25, -0.2) is 4.98 Å². The fraction of sp³-hybridized carbons (Fsp3) is 0.148. The molecule has 3 aromatic carbocycles. The van der Waals surface area contributed by atoms with Gasteiger partial charge in [0.15, 0.2) is 5.13 Å². The maximum atomic E-state index is 13.3. The Hall–Kier alpha value is -3.48. The second kappa shape index (κ2) is 8.70. The highest BCUT2D eigenvalue weighted by molar-refractivity contribution is 7.22. The minimum atomic E-state index is -0.803. The van der Waals surface area contributed by atoms with Crippen LogP contribution in [0.15, 0.2) is 72.3 Å². The number of halogens is 1. The molecule has 0 aliphatic carbocycles. The first-order valence-corrected chi connectivity index (χ1v) is 12.1. The summed E-state index contributed by atoms with van der Waals surface area (Å²) in [5, 5.41) is 12.1. The van der Waals surface area contributed by atoms with Gasteiger partial charge in [-0.15, -0.1) is 0 Å². The van der Waals surface area contributed by atoms with E-state index in [2.05, 4.69) is 18.0 Å². The molecule has 2 heterocycles. The molecule has 34 heavy (non-hydrogen) atoms. The fourth-order valence-corrected chi connectivity index (χ4v) is 5.32. The lowest BCUT2D eigenvalue weighted by Gasteiger charge is -2.23. The van der Waals surface area contributed by atoms with Crippen molar-refractivity contribution in [3.8, 4) is 0 Å². The smallest absolute Gasteiger partial charge is 0.301 e. The quantitative estimate of drug-likeness (QED) is 0.204. The van der Waals surface area contributed by atoms with Gasteiger partial charge in [-0.05, 0) is 60.9 Å². The molecular formula is C27H21ClN2O3S. The highest BCUT2D eigenvalue weighted by Crippen LogP contribution is 2.44. The van der Waals surface area contributed by atoms with E-state index in [-0.39, 0.29) is 11.3 Å². The van der Waals surface area contributed by atoms with Gasteiger partial charge >= 0.3 is 5.91 Å². The number of rotatable bonds is 4. The van der Waals surface area contributed by atoms with Crippen LogP contribution in [0, 0.1) is 6.92 Å². The van der Waals surface area contributed by atoms with Crippen molar-refractivity contribution in [3.05, 3.63) is 99.6 Å². The molecule has 4 aromatic rings. The molecule has 0 bridgehead atoms. The Morgan fingerprint density at radius 1 is 1.06 bits per heavy atom. The summed E-state index contributed by atoms with van der Waals surface area (Å²) >= 11 is 7.36. The van der Waals surface area contributed by atoms with E-state index in [0.29, 0.717) is 21.3 Å². The van der Waals surface area contributed by atoms with Crippen molar-refractivity contribution in [3.63, 3.8) is 0 Å². The molecule has 0 unspecified atom stereocenters. The molecule has 1 amide bonds. The van der Waals surface area contributed by atoms with E-state index in [1.165, 1.54) is 21.8 Å². The van der Waals surface area contributed by atoms with Crippen LogP contribution >= 0.6 is 22.9 Å². The van der Waals surface area contributed by atoms with Crippen molar-refractivity contribution in [1.82, 2.24) is 4.98 Å². The average molecular weight is 489 g/mol. The molecule has 5 nitrogen and oxygen atoms in total. The zero-order valence-electron chi connectivity index (χ0n) is 18.6. The number of anilines is 1. The highest BCUT2D eigenvalue weighted by atomic mass is 35.5. The normalized spacial score (nSPS) is 17.6. The minimum absolute atomic E-state index is 0.0321. The molecule has 0 spiro atoms. The predicted molar refractivity (Wildman–Crippen MR) is 136 cm³/mol. The molecule has 1 aliphatic heterocycles. The Morgan fingerprint density at radius 2 is 1.76 bits per heavy atom. The highest BCUT2D eigenvalue weighted by Gasteiger charge is 2.48. The maximum absolute atomic E-state index is 13.3. The van der Waals surface area contributed by atoms with Gasteiger partial charge in [0.25, 0.3) is 5.78 Å². The number of amides is 1. The number of fused-ring (bicyclic) bond motifs is 1. The first kappa shape index (κ1) is 22.3. The van der Waals surface area contributed by atoms with Crippen molar-refractivity contribution in [2.75, 3.05) is 4.90 Å². The van der Waals surface area contributed by atoms with E-state index in [4.69, 9.17) is 11.6 Å². The van der Waals surface area contributed by atoms with Gasteiger partial charge in [-0.1, -0.05) is 65.8 Å². The number of Topliss-reactive ketones (excluding diaryl/α,β-unsaturated/α-hetero) is 1. The van der Waals surface area contributed by atoms with E-state index < -0.39 is 17.7 Å². The van der Waals surface area contributed by atoms with Crippen molar-refractivity contribution in [2.24, 2.45) is 0 Å². The third-order valence-electron chi connectivity index (χ3n) is 6.01. The second-order valence-electron chi connectivity index (χ2n) is 8.24. The van der Waals surface area contributed by atoms with Gasteiger partial charge in [-0.3, -0.25) is 14.5 Å². The van der Waals surface area contributed by atoms with Crippen LogP contribution in [0.1, 0.15) is 35.2 Å². The van der Waals surface area contributed by atoms with Crippen LogP contribution in [-0.4, -0.2) is 21.8 Å². The Kier molecular flexibility index (Phi) is 5.71. The van der Waals surface area contributed by atoms with Crippen LogP contribution in [0.2, 0.25) is 5.02 Å². The number of aryl methyl sites for hydroxylation is 2. The third-order valence-corrected chi connectivity index (χ3v) is 7.28. The van der Waals surface area contributed by atoms with E-state index >= 15 is 0 Å². The Labute approximate surface area is 205 Å². The zero-order valence-corrected chi connectivity index (χ0v) is 20.2. The first-order chi connectivity index (χ1) is 16.4. The molecule has 1 atom stereocenters. The largest absolute Gasteiger partial charge is 0.507 e. The van der Waals surface area contributed by atoms with Crippen LogP contribution < -0.4 is 4.90 Å². The zero-order chi connectivity index (χ0) is 24.0. The van der Waals surface area contributed by atoms with Gasteiger partial charge in [0.1, 0.15) is 5.76 Å². The summed E-state index contributed by atoms with van der Waals surface area (Å²) < 4.78 is 0.941. The molecule has 1 N–H and O–H groups in total. The SMILES string of the molecule is CCc1ccc2nc(N3C(=O)C(=O)/C(=C(/O)c4ccc(Cl)cc4)[C@@H]3c3ccc(C)cc3)sc2c1. The van der Waals surface area contributed by atoms with Crippen LogP contribution in [-0.2, 0) is 16.0 Å². The fourth-order valence-electron chi connectivity index (χ4n) is 4.14. The number of aliphatic hydroxyl groups is 1. The molecule has 1 aromatic heterocycles. The molecule has 0 saturated carbocycles. The lowest BCUT2D eigenvalue weighted by molar-refractivity contribution is -0.132. The molecule has 1 aliphatic rings. The molecule has 7 heteroatoms. The van der Waals surface area contributed by atoms with Crippen LogP contribution in [0.25, 0.3) is 16.0 Å². The van der Waals surface area contributed by atoms with Gasteiger partial charge in [0, 0.05) is 10.6 Å². The monoisotopic (exact) mass is 488 g/mol. The molecule has 1 saturated heterocycles. The lowest BCUT2D eigenvalue weighted by atomic mass is 9.95. The Bertz CT molecular complexity index is 1460. The number of thiazole rings is 1. The van der Waals surface area contributed by atoms with Crippen LogP contribution in [0.4, 0.5) is 5.13 Å². The van der Waals surface area contributed by atoms with E-state index in [1.807, 2.05) is 43.3 Å². The van der Waals surface area contributed by atoms with Crippen LogP contribution in [0.5, 0.6) is 0 Å². The Morgan fingerprint density at radius 3 is 2.44 bits per heavy atom. The predicted octanol–water partition coefficient (Wildman–Crippen LogP) is 6.45.